The molecular formula is C5H11F3O7P2. The molecule has 0 aromatic heterocycles. The Bertz CT molecular complexity index is 240. The smallest absolute Gasteiger partial charge is 0.312 e. The third-order valence-corrected chi connectivity index (χ3v) is 2.14. The Balaban J connectivity index is 0.000000437. The molecule has 1 aliphatic heterocycles. The molecule has 1 saturated heterocycles. The molecule has 1 aliphatic rings. The monoisotopic (exact) mass is 302 g/mol. The predicted octanol–water partition coefficient (Wildman–Crippen LogP) is 1.30. The normalized spacial score (nSPS) is 18.5. The van der Waals surface area contributed by atoms with Crippen LogP contribution in [0.1, 0.15) is 6.42 Å². The van der Waals surface area contributed by atoms with Gasteiger partial charge >= 0.3 is 22.6 Å². The Hall–Kier alpha value is 0.210. The summed E-state index contributed by atoms with van der Waals surface area (Å²) < 4.78 is 57.6. The van der Waals surface area contributed by atoms with Gasteiger partial charge in [-0.15, -0.1) is 0 Å². The number of phosphoric acid groups is 1. The van der Waals surface area contributed by atoms with E-state index in [1.54, 1.807) is 0 Å². The molecule has 0 aromatic rings. The molecular weight excluding hydrogens is 291 g/mol. The minimum atomic E-state index is -4.64. The molecule has 12 heteroatoms. The summed E-state index contributed by atoms with van der Waals surface area (Å²) in [5.74, 6) is 0. The zero-order chi connectivity index (χ0) is 13.5. The molecule has 1 fully saturated rings. The molecule has 0 amide bonds. The highest BCUT2D eigenvalue weighted by Crippen LogP contribution is 2.43. The molecule has 0 aliphatic carbocycles. The van der Waals surface area contributed by atoms with Crippen LogP contribution >= 0.6 is 16.4 Å². The molecule has 104 valence electrons. The second kappa shape index (κ2) is 7.60. The molecule has 0 bridgehead atoms. The number of rotatable bonds is 2. The number of hydrogen-bond acceptors (Lipinski definition) is 4. The first-order valence-electron chi connectivity index (χ1n) is 4.12. The first-order valence-corrected chi connectivity index (χ1v) is 6.78. The fraction of sp³-hybridized carbons (Fsp3) is 1.00. The van der Waals surface area contributed by atoms with Crippen LogP contribution in [0.25, 0.3) is 0 Å². The maximum atomic E-state index is 11.6. The van der Waals surface area contributed by atoms with Crippen LogP contribution in [0.3, 0.4) is 0 Å². The molecule has 0 atom stereocenters. The van der Waals surface area contributed by atoms with Crippen LogP contribution in [0.2, 0.25) is 0 Å². The Labute approximate surface area is 95.7 Å². The highest BCUT2D eigenvalue weighted by atomic mass is 31.2. The van der Waals surface area contributed by atoms with Gasteiger partial charge in [0.25, 0.3) is 0 Å². The Morgan fingerprint density at radius 1 is 1.24 bits per heavy atom. The van der Waals surface area contributed by atoms with Crippen molar-refractivity contribution in [2.45, 2.75) is 12.6 Å². The van der Waals surface area contributed by atoms with Crippen LogP contribution in [-0.4, -0.2) is 40.7 Å². The Morgan fingerprint density at radius 2 is 1.65 bits per heavy atom. The van der Waals surface area contributed by atoms with Crippen molar-refractivity contribution in [2.75, 3.05) is 19.8 Å². The summed E-state index contributed by atoms with van der Waals surface area (Å²) in [6, 6.07) is 0. The zero-order valence-electron chi connectivity index (χ0n) is 8.33. The summed E-state index contributed by atoms with van der Waals surface area (Å²) in [7, 11) is -6.39. The lowest BCUT2D eigenvalue weighted by Crippen LogP contribution is -2.17. The second-order valence-electron chi connectivity index (χ2n) is 2.65. The summed E-state index contributed by atoms with van der Waals surface area (Å²) in [5, 5.41) is 0. The molecule has 0 unspecified atom stereocenters. The van der Waals surface area contributed by atoms with Gasteiger partial charge in [-0.1, -0.05) is 0 Å². The van der Waals surface area contributed by atoms with E-state index in [1.807, 2.05) is 0 Å². The van der Waals surface area contributed by atoms with Crippen LogP contribution in [-0.2, 0) is 18.1 Å². The highest BCUT2D eigenvalue weighted by Gasteiger charge is 2.31. The summed E-state index contributed by atoms with van der Waals surface area (Å²) >= 11 is 0. The van der Waals surface area contributed by atoms with Crippen molar-refractivity contribution in [2.24, 2.45) is 0 Å². The van der Waals surface area contributed by atoms with E-state index in [0.29, 0.717) is 19.6 Å². The average molecular weight is 302 g/mol. The quantitative estimate of drug-likeness (QED) is 0.660. The summed E-state index contributed by atoms with van der Waals surface area (Å²) in [6.07, 6.45) is -3.61. The number of halogens is 3. The van der Waals surface area contributed by atoms with E-state index in [0.717, 1.165) is 0 Å². The van der Waals surface area contributed by atoms with Gasteiger partial charge in [-0.25, -0.2) is 4.57 Å². The molecule has 1 heterocycles. The lowest BCUT2D eigenvalue weighted by Gasteiger charge is -2.21. The molecule has 17 heavy (non-hydrogen) atoms. The van der Waals surface area contributed by atoms with E-state index in [-0.39, 0.29) is 0 Å². The van der Waals surface area contributed by atoms with Crippen molar-refractivity contribution >= 4 is 16.4 Å². The Morgan fingerprint density at radius 3 is 2.00 bits per heavy atom. The highest BCUT2D eigenvalue weighted by molar-refractivity contribution is 7.45. The fourth-order valence-electron chi connectivity index (χ4n) is 0.575. The third kappa shape index (κ3) is 16.2. The predicted molar refractivity (Wildman–Crippen MR) is 49.7 cm³/mol. The summed E-state index contributed by atoms with van der Waals surface area (Å²) in [4.78, 5) is 21.6. The molecule has 0 saturated carbocycles. The summed E-state index contributed by atoms with van der Waals surface area (Å²) in [5.41, 5.74) is 0. The topological polar surface area (TPSA) is 105 Å². The lowest BCUT2D eigenvalue weighted by molar-refractivity contribution is -0.156. The van der Waals surface area contributed by atoms with Gasteiger partial charge in [-0.2, -0.15) is 13.2 Å². The maximum Gasteiger partial charge on any atom is 0.466 e. The van der Waals surface area contributed by atoms with Gasteiger partial charge in [0.2, 0.25) is 0 Å². The van der Waals surface area contributed by atoms with E-state index >= 15 is 0 Å². The number of hydrogen-bond donors (Lipinski definition) is 3. The van der Waals surface area contributed by atoms with Gasteiger partial charge in [0.15, 0.2) is 6.61 Å². The van der Waals surface area contributed by atoms with Crippen LogP contribution in [0.5, 0.6) is 0 Å². The van der Waals surface area contributed by atoms with Crippen molar-refractivity contribution in [3.05, 3.63) is 0 Å². The number of alkyl halides is 3. The Kier molecular flexibility index (Phi) is 7.70. The van der Waals surface area contributed by atoms with Crippen molar-refractivity contribution in [3.8, 4) is 0 Å². The van der Waals surface area contributed by atoms with Gasteiger partial charge in [-0.3, -0.25) is 0 Å². The van der Waals surface area contributed by atoms with Gasteiger partial charge in [0.1, 0.15) is 0 Å². The molecule has 0 aromatic carbocycles. The molecule has 0 radical (unpaired) electrons. The fourth-order valence-corrected chi connectivity index (χ4v) is 1.61. The first kappa shape index (κ1) is 17.2. The van der Waals surface area contributed by atoms with Crippen LogP contribution < -0.4 is 0 Å². The second-order valence-corrected chi connectivity index (χ2v) is 4.89. The maximum absolute atomic E-state index is 11.6. The zero-order valence-corrected chi connectivity index (χ0v) is 10.1. The lowest BCUT2D eigenvalue weighted by atomic mass is 10.5. The van der Waals surface area contributed by atoms with Crippen molar-refractivity contribution in [1.82, 2.24) is 0 Å². The van der Waals surface area contributed by atoms with E-state index in [1.165, 1.54) is 0 Å². The van der Waals surface area contributed by atoms with Gasteiger partial charge in [-0.05, 0) is 6.42 Å². The van der Waals surface area contributed by atoms with Gasteiger partial charge in [0, 0.05) is 0 Å². The van der Waals surface area contributed by atoms with Crippen LogP contribution in [0, 0.1) is 0 Å². The molecule has 7 nitrogen and oxygen atoms in total. The van der Waals surface area contributed by atoms with Crippen molar-refractivity contribution in [3.63, 3.8) is 0 Å². The average Bonchev–Trinajstić information content (AvgIpc) is 2.13. The van der Waals surface area contributed by atoms with Gasteiger partial charge < -0.3 is 28.3 Å². The largest absolute Gasteiger partial charge is 0.466 e. The first-order chi connectivity index (χ1) is 7.58. The van der Waals surface area contributed by atoms with Gasteiger partial charge in [0.05, 0.1) is 13.2 Å². The van der Waals surface area contributed by atoms with E-state index in [2.05, 4.69) is 4.52 Å². The minimum Gasteiger partial charge on any atom is -0.312 e. The van der Waals surface area contributed by atoms with E-state index in [9.17, 15) is 13.2 Å². The molecule has 3 N–H and O–H groups in total. The van der Waals surface area contributed by atoms with E-state index in [4.69, 9.17) is 28.3 Å². The van der Waals surface area contributed by atoms with Crippen LogP contribution in [0.4, 0.5) is 13.2 Å². The van der Waals surface area contributed by atoms with E-state index < -0.39 is 29.2 Å². The van der Waals surface area contributed by atoms with Crippen LogP contribution in [0.15, 0.2) is 0 Å². The molecule has 1 rings (SSSR count). The van der Waals surface area contributed by atoms with Crippen molar-refractivity contribution in [1.29, 1.82) is 0 Å². The third-order valence-electron chi connectivity index (χ3n) is 1.02. The standard InChI is InChI=1S/C5H8F3O3P.H3O4P/c6-5(7,8)4-11-12-9-2-1-3-10-12;1-5(2,3)4/h1-4H2;(H3,1,2,3,4). The SMILES string of the molecule is FC(F)(F)COP1OCCCO1.O=P(O)(O)O. The van der Waals surface area contributed by atoms with Crippen molar-refractivity contribution < 1.29 is 46.0 Å². The summed E-state index contributed by atoms with van der Waals surface area (Å²) in [6.45, 7) is -0.494. The minimum absolute atomic E-state index is 0.406. The molecule has 0 spiro atoms.